The van der Waals surface area contributed by atoms with Crippen molar-refractivity contribution in [1.29, 1.82) is 0 Å². The summed E-state index contributed by atoms with van der Waals surface area (Å²) in [4.78, 5) is 15.2. The van der Waals surface area contributed by atoms with Gasteiger partial charge in [-0.3, -0.25) is 4.99 Å². The summed E-state index contributed by atoms with van der Waals surface area (Å²) in [7, 11) is 0. The third kappa shape index (κ3) is 3.48. The molecule has 6 heteroatoms. The summed E-state index contributed by atoms with van der Waals surface area (Å²) in [5.74, 6) is 0.572. The van der Waals surface area contributed by atoms with Crippen molar-refractivity contribution in [2.45, 2.75) is 6.42 Å². The number of fused-ring (bicyclic) bond motifs is 1. The van der Waals surface area contributed by atoms with Gasteiger partial charge in [-0.05, 0) is 12.1 Å². The van der Waals surface area contributed by atoms with Crippen LogP contribution in [0.1, 0.15) is 6.42 Å². The molecule has 1 heterocycles. The molecule has 2 rings (SSSR count). The predicted octanol–water partition coefficient (Wildman–Crippen LogP) is 0.835. The third-order valence-corrected chi connectivity index (χ3v) is 2.47. The number of hydrogen-bond acceptors (Lipinski definition) is 4. The van der Waals surface area contributed by atoms with Crippen molar-refractivity contribution in [2.24, 2.45) is 16.5 Å². The van der Waals surface area contributed by atoms with Crippen molar-refractivity contribution in [3.63, 3.8) is 0 Å². The maximum absolute atomic E-state index is 11.4. The molecule has 6 nitrogen and oxygen atoms in total. The number of aliphatic imine (C=N–C) groups is 1. The zero-order valence-electron chi connectivity index (χ0n) is 10.3. The average Bonchev–Trinajstić information content (AvgIpc) is 2.37. The minimum Gasteiger partial charge on any atom is -0.492 e. The standard InChI is InChI=1S/C13H15N3O3/c14-13(15)16-6-3-7-18-11-8-12(17)19-10-5-2-1-4-9(10)11/h1-2,4-5,8H,3,6-7H2,(H4,14,15,16). The largest absolute Gasteiger partial charge is 0.492 e. The third-order valence-electron chi connectivity index (χ3n) is 2.47. The summed E-state index contributed by atoms with van der Waals surface area (Å²) in [5.41, 5.74) is 10.5. The Morgan fingerprint density at radius 1 is 1.32 bits per heavy atom. The molecule has 2 aromatic rings. The van der Waals surface area contributed by atoms with Gasteiger partial charge in [-0.15, -0.1) is 0 Å². The first-order valence-corrected chi connectivity index (χ1v) is 5.88. The molecule has 0 aliphatic heterocycles. The molecule has 1 aromatic carbocycles. The van der Waals surface area contributed by atoms with Gasteiger partial charge in [0.2, 0.25) is 0 Å². The van der Waals surface area contributed by atoms with Gasteiger partial charge in [-0.25, -0.2) is 4.79 Å². The highest BCUT2D eigenvalue weighted by atomic mass is 16.5. The second-order valence-corrected chi connectivity index (χ2v) is 3.93. The van der Waals surface area contributed by atoms with E-state index >= 15 is 0 Å². The SMILES string of the molecule is NC(N)=NCCCOc1cc(=O)oc2ccccc12. The summed E-state index contributed by atoms with van der Waals surface area (Å²) in [6, 6.07) is 8.55. The monoisotopic (exact) mass is 261 g/mol. The number of ether oxygens (including phenoxy) is 1. The Hall–Kier alpha value is -2.50. The first-order chi connectivity index (χ1) is 9.16. The molecule has 0 radical (unpaired) electrons. The van der Waals surface area contributed by atoms with E-state index in [2.05, 4.69) is 4.99 Å². The number of para-hydroxylation sites is 1. The molecule has 0 atom stereocenters. The molecule has 0 fully saturated rings. The quantitative estimate of drug-likeness (QED) is 0.359. The molecule has 19 heavy (non-hydrogen) atoms. The van der Waals surface area contributed by atoms with Crippen molar-refractivity contribution in [3.05, 3.63) is 40.8 Å². The lowest BCUT2D eigenvalue weighted by Gasteiger charge is -2.07. The van der Waals surface area contributed by atoms with E-state index in [1.54, 1.807) is 12.1 Å². The predicted molar refractivity (Wildman–Crippen MR) is 73.3 cm³/mol. The van der Waals surface area contributed by atoms with E-state index < -0.39 is 5.63 Å². The number of rotatable bonds is 5. The highest BCUT2D eigenvalue weighted by Crippen LogP contribution is 2.23. The van der Waals surface area contributed by atoms with E-state index in [0.717, 1.165) is 5.39 Å². The lowest BCUT2D eigenvalue weighted by molar-refractivity contribution is 0.314. The minimum absolute atomic E-state index is 0.0609. The first-order valence-electron chi connectivity index (χ1n) is 5.88. The van der Waals surface area contributed by atoms with Crippen LogP contribution in [0.4, 0.5) is 0 Å². The molecule has 0 bridgehead atoms. The smallest absolute Gasteiger partial charge is 0.339 e. The number of benzene rings is 1. The molecule has 0 saturated carbocycles. The second-order valence-electron chi connectivity index (χ2n) is 3.93. The van der Waals surface area contributed by atoms with Gasteiger partial charge in [-0.1, -0.05) is 12.1 Å². The van der Waals surface area contributed by atoms with E-state index in [0.29, 0.717) is 30.9 Å². The van der Waals surface area contributed by atoms with Crippen molar-refractivity contribution in [2.75, 3.05) is 13.2 Å². The van der Waals surface area contributed by atoms with E-state index in [1.807, 2.05) is 12.1 Å². The van der Waals surface area contributed by atoms with E-state index in [-0.39, 0.29) is 5.96 Å². The van der Waals surface area contributed by atoms with Crippen LogP contribution in [-0.4, -0.2) is 19.1 Å². The fraction of sp³-hybridized carbons (Fsp3) is 0.231. The normalized spacial score (nSPS) is 10.3. The van der Waals surface area contributed by atoms with Crippen LogP contribution in [0.5, 0.6) is 5.75 Å². The highest BCUT2D eigenvalue weighted by Gasteiger charge is 2.05. The Balaban J connectivity index is 2.08. The van der Waals surface area contributed by atoms with Gasteiger partial charge >= 0.3 is 5.63 Å². The fourth-order valence-corrected chi connectivity index (χ4v) is 1.66. The molecule has 0 aliphatic carbocycles. The average molecular weight is 261 g/mol. The molecule has 0 amide bonds. The molecule has 0 spiro atoms. The maximum atomic E-state index is 11.4. The van der Waals surface area contributed by atoms with Crippen LogP contribution in [0, 0.1) is 0 Å². The van der Waals surface area contributed by atoms with Gasteiger partial charge < -0.3 is 20.6 Å². The van der Waals surface area contributed by atoms with E-state index in [1.165, 1.54) is 6.07 Å². The molecular weight excluding hydrogens is 246 g/mol. The van der Waals surface area contributed by atoms with Gasteiger partial charge in [0, 0.05) is 13.0 Å². The van der Waals surface area contributed by atoms with Crippen molar-refractivity contribution >= 4 is 16.9 Å². The van der Waals surface area contributed by atoms with Crippen LogP contribution in [0.15, 0.2) is 44.5 Å². The van der Waals surface area contributed by atoms with Crippen LogP contribution >= 0.6 is 0 Å². The number of hydrogen-bond donors (Lipinski definition) is 2. The molecular formula is C13H15N3O3. The number of nitrogens with zero attached hydrogens (tertiary/aromatic N) is 1. The minimum atomic E-state index is -0.432. The van der Waals surface area contributed by atoms with Crippen LogP contribution < -0.4 is 21.8 Å². The molecule has 1 aromatic heterocycles. The summed E-state index contributed by atoms with van der Waals surface area (Å²) >= 11 is 0. The molecule has 0 saturated heterocycles. The summed E-state index contributed by atoms with van der Waals surface area (Å²) in [6.07, 6.45) is 0.659. The van der Waals surface area contributed by atoms with Gasteiger partial charge in [0.15, 0.2) is 5.96 Å². The Morgan fingerprint density at radius 2 is 2.11 bits per heavy atom. The summed E-state index contributed by atoms with van der Waals surface area (Å²) in [6.45, 7) is 0.909. The Bertz CT molecular complexity index is 645. The first kappa shape index (κ1) is 12.9. The van der Waals surface area contributed by atoms with Gasteiger partial charge in [0.05, 0.1) is 18.1 Å². The lowest BCUT2D eigenvalue weighted by Crippen LogP contribution is -2.23. The van der Waals surface area contributed by atoms with Crippen LogP contribution in [0.25, 0.3) is 11.0 Å². The van der Waals surface area contributed by atoms with Crippen LogP contribution in [0.3, 0.4) is 0 Å². The number of guanidine groups is 1. The van der Waals surface area contributed by atoms with E-state index in [9.17, 15) is 4.79 Å². The Labute approximate surface area is 109 Å². The highest BCUT2D eigenvalue weighted by molar-refractivity contribution is 5.82. The molecule has 0 aliphatic rings. The lowest BCUT2D eigenvalue weighted by atomic mass is 10.2. The van der Waals surface area contributed by atoms with Crippen molar-refractivity contribution in [1.82, 2.24) is 0 Å². The van der Waals surface area contributed by atoms with Gasteiger partial charge in [0.25, 0.3) is 0 Å². The zero-order chi connectivity index (χ0) is 13.7. The molecule has 100 valence electrons. The summed E-state index contributed by atoms with van der Waals surface area (Å²) in [5, 5.41) is 0.768. The zero-order valence-corrected chi connectivity index (χ0v) is 10.3. The maximum Gasteiger partial charge on any atom is 0.339 e. The molecule has 0 unspecified atom stereocenters. The Kier molecular flexibility index (Phi) is 4.02. The van der Waals surface area contributed by atoms with Gasteiger partial charge in [0.1, 0.15) is 11.3 Å². The van der Waals surface area contributed by atoms with E-state index in [4.69, 9.17) is 20.6 Å². The second kappa shape index (κ2) is 5.90. The van der Waals surface area contributed by atoms with Crippen LogP contribution in [0.2, 0.25) is 0 Å². The topological polar surface area (TPSA) is 104 Å². The molecule has 4 N–H and O–H groups in total. The van der Waals surface area contributed by atoms with Crippen molar-refractivity contribution in [3.8, 4) is 5.75 Å². The Morgan fingerprint density at radius 3 is 2.89 bits per heavy atom. The number of nitrogens with two attached hydrogens (primary N) is 2. The summed E-state index contributed by atoms with van der Waals surface area (Å²) < 4.78 is 10.6. The van der Waals surface area contributed by atoms with Crippen LogP contribution in [-0.2, 0) is 0 Å². The van der Waals surface area contributed by atoms with Crippen molar-refractivity contribution < 1.29 is 9.15 Å². The fourth-order valence-electron chi connectivity index (χ4n) is 1.66. The van der Waals surface area contributed by atoms with Gasteiger partial charge in [-0.2, -0.15) is 0 Å².